The number of amides is 2. The van der Waals surface area contributed by atoms with Crippen molar-refractivity contribution in [2.75, 3.05) is 74.1 Å². The number of nitrogens with one attached hydrogen (secondary N) is 2. The second kappa shape index (κ2) is 12.3. The molecule has 4 aliphatic rings. The number of likely N-dealkylation sites (N-methyl/N-ethyl adjacent to an activating group) is 1. The van der Waals surface area contributed by atoms with E-state index in [-0.39, 0.29) is 41.1 Å². The van der Waals surface area contributed by atoms with Crippen molar-refractivity contribution in [1.29, 1.82) is 0 Å². The summed E-state index contributed by atoms with van der Waals surface area (Å²) >= 11 is 0. The van der Waals surface area contributed by atoms with Crippen LogP contribution in [0.5, 0.6) is 0 Å². The summed E-state index contributed by atoms with van der Waals surface area (Å²) in [6, 6.07) is 0. The summed E-state index contributed by atoms with van der Waals surface area (Å²) in [6.45, 7) is 3.93. The Morgan fingerprint density at radius 2 is 1.74 bits per heavy atom. The van der Waals surface area contributed by atoms with Crippen molar-refractivity contribution in [3.05, 3.63) is 23.8 Å². The zero-order valence-electron chi connectivity index (χ0n) is 25.0. The van der Waals surface area contributed by atoms with Crippen LogP contribution in [0.4, 0.5) is 31.8 Å². The zero-order valence-corrected chi connectivity index (χ0v) is 25.0. The number of aromatic nitrogens is 3. The smallest absolute Gasteiger partial charge is 0.263 e. The van der Waals surface area contributed by atoms with Crippen molar-refractivity contribution in [3.8, 4) is 0 Å². The third-order valence-electron chi connectivity index (χ3n) is 9.85. The molecule has 5 heterocycles. The van der Waals surface area contributed by atoms with E-state index in [1.807, 2.05) is 11.9 Å². The van der Waals surface area contributed by atoms with Gasteiger partial charge in [0.15, 0.2) is 11.6 Å². The predicted molar refractivity (Wildman–Crippen MR) is 161 cm³/mol. The lowest BCUT2D eigenvalue weighted by Crippen LogP contribution is -2.51. The molecule has 1 spiro atoms. The highest BCUT2D eigenvalue weighted by molar-refractivity contribution is 6.12. The van der Waals surface area contributed by atoms with Gasteiger partial charge in [-0.25, -0.2) is 13.5 Å². The number of nitrogen functional groups attached to an aromatic ring is 1. The van der Waals surface area contributed by atoms with Crippen molar-refractivity contribution < 1.29 is 18.4 Å². The van der Waals surface area contributed by atoms with Crippen LogP contribution >= 0.6 is 0 Å². The lowest BCUT2D eigenvalue weighted by molar-refractivity contribution is -0.136. The van der Waals surface area contributed by atoms with E-state index in [9.17, 15) is 9.59 Å². The lowest BCUT2D eigenvalue weighted by Gasteiger charge is -2.42. The summed E-state index contributed by atoms with van der Waals surface area (Å²) in [6.07, 6.45) is 9.33. The molecule has 2 amide bonds. The number of nitrogens with zero attached hydrogens (tertiary/aromatic N) is 6. The van der Waals surface area contributed by atoms with Crippen molar-refractivity contribution in [2.45, 2.75) is 69.5 Å². The molecule has 6 rings (SSSR count). The van der Waals surface area contributed by atoms with Crippen molar-refractivity contribution in [2.24, 2.45) is 5.92 Å². The Labute approximate surface area is 251 Å². The van der Waals surface area contributed by atoms with E-state index in [1.165, 1.54) is 6.20 Å². The first-order valence-corrected chi connectivity index (χ1v) is 15.7. The Morgan fingerprint density at radius 3 is 2.47 bits per heavy atom. The number of rotatable bonds is 4. The summed E-state index contributed by atoms with van der Waals surface area (Å²) < 4.78 is 32.6. The summed E-state index contributed by atoms with van der Waals surface area (Å²) in [7, 11) is 2.04. The third kappa shape index (κ3) is 5.63. The maximum Gasteiger partial charge on any atom is 0.263 e. The first-order valence-electron chi connectivity index (χ1n) is 15.7. The molecular formula is C30H43F2N9O2. The second-order valence-electron chi connectivity index (χ2n) is 12.6. The van der Waals surface area contributed by atoms with E-state index in [2.05, 4.69) is 25.6 Å². The molecule has 2 aromatic heterocycles. The number of carbonyl (C=O) groups excluding carboxylic acids is 2. The molecule has 3 aliphatic heterocycles. The van der Waals surface area contributed by atoms with Crippen LogP contribution in [0.3, 0.4) is 0 Å². The van der Waals surface area contributed by atoms with Gasteiger partial charge in [0.25, 0.3) is 5.91 Å². The molecule has 3 fully saturated rings. The summed E-state index contributed by atoms with van der Waals surface area (Å²) in [5.41, 5.74) is 5.98. The van der Waals surface area contributed by atoms with Gasteiger partial charge in [-0.15, -0.1) is 0 Å². The highest BCUT2D eigenvalue weighted by atomic mass is 19.1. The van der Waals surface area contributed by atoms with E-state index >= 15 is 8.78 Å². The number of piperazine rings is 1. The van der Waals surface area contributed by atoms with Crippen LogP contribution in [0.2, 0.25) is 0 Å². The molecule has 2 atom stereocenters. The van der Waals surface area contributed by atoms with Gasteiger partial charge >= 0.3 is 0 Å². The molecule has 2 saturated heterocycles. The number of halogens is 2. The van der Waals surface area contributed by atoms with Crippen molar-refractivity contribution >= 4 is 34.8 Å². The topological polar surface area (TPSA) is 125 Å². The Bertz CT molecular complexity index is 1330. The van der Waals surface area contributed by atoms with E-state index in [0.717, 1.165) is 57.8 Å². The van der Waals surface area contributed by atoms with E-state index in [0.29, 0.717) is 51.3 Å². The van der Waals surface area contributed by atoms with Crippen LogP contribution < -0.4 is 21.3 Å². The molecule has 1 aliphatic carbocycles. The second-order valence-corrected chi connectivity index (χ2v) is 12.6. The van der Waals surface area contributed by atoms with Crippen LogP contribution in [0.15, 0.2) is 12.4 Å². The molecule has 0 radical (unpaired) electrons. The minimum atomic E-state index is -1.16. The Balaban J connectivity index is 1.23. The molecule has 0 aromatic carbocycles. The number of nitrogens with two attached hydrogens (primary N) is 1. The maximum absolute atomic E-state index is 15.7. The third-order valence-corrected chi connectivity index (χ3v) is 9.85. The monoisotopic (exact) mass is 599 g/mol. The molecule has 11 nitrogen and oxygen atoms in total. The number of pyridine rings is 1. The first-order chi connectivity index (χ1) is 20.8. The zero-order chi connectivity index (χ0) is 30.1. The van der Waals surface area contributed by atoms with Crippen molar-refractivity contribution in [3.63, 3.8) is 0 Å². The molecule has 43 heavy (non-hydrogen) atoms. The van der Waals surface area contributed by atoms with Gasteiger partial charge in [-0.05, 0) is 26.3 Å². The molecule has 2 unspecified atom stereocenters. The summed E-state index contributed by atoms with van der Waals surface area (Å²) in [5.74, 6) is -0.921. The largest absolute Gasteiger partial charge is 0.381 e. The average molecular weight is 600 g/mol. The Morgan fingerprint density at radius 1 is 1.05 bits per heavy atom. The lowest BCUT2D eigenvalue weighted by atomic mass is 9.82. The minimum absolute atomic E-state index is 0.00160. The molecule has 13 heteroatoms. The summed E-state index contributed by atoms with van der Waals surface area (Å²) in [4.78, 5) is 36.9. The van der Waals surface area contributed by atoms with E-state index < -0.39 is 23.4 Å². The van der Waals surface area contributed by atoms with Gasteiger partial charge in [0.1, 0.15) is 23.2 Å². The fourth-order valence-corrected chi connectivity index (χ4v) is 7.35. The number of fused-ring (bicyclic) bond motifs is 2. The Kier molecular flexibility index (Phi) is 8.43. The fraction of sp³-hybridized carbons (Fsp3) is 0.667. The Hall–Kier alpha value is -3.48. The van der Waals surface area contributed by atoms with Crippen LogP contribution in [-0.4, -0.2) is 95.4 Å². The first kappa shape index (κ1) is 29.6. The molecule has 234 valence electrons. The molecule has 1 saturated carbocycles. The standard InChI is InChI=1S/C30H43F2N9O2/c1-38-12-14-39(15-13-38)29(43)20-8-11-40(19-20)25-21(31)16-34-17-22(25)36-28(42)24-26(33)37-41-27(24)35-18-23(32)30(41)9-6-4-2-3-5-7-10-30/h16-17,20,23,35H,2-15,18-19H2,1H3,(H2,33,37)(H,36,42). The predicted octanol–water partition coefficient (Wildman–Crippen LogP) is 3.45. The van der Waals surface area contributed by atoms with Gasteiger partial charge in [-0.3, -0.25) is 14.6 Å². The molecule has 2 aromatic rings. The highest BCUT2D eigenvalue weighted by Crippen LogP contribution is 2.44. The number of carbonyl (C=O) groups is 2. The SMILES string of the molecule is CN1CCN(C(=O)C2CCN(c3c(F)cncc3NC(=O)c3c(N)nn4c3NCC(F)C43CCCCCCCC3)C2)CC1. The normalized spacial score (nSPS) is 24.5. The number of anilines is 4. The number of alkyl halides is 1. The van der Waals surface area contributed by atoms with Crippen molar-refractivity contribution in [1.82, 2.24) is 24.6 Å². The van der Waals surface area contributed by atoms with Gasteiger partial charge in [0.05, 0.1) is 29.5 Å². The number of hydrogen-bond donors (Lipinski definition) is 3. The fourth-order valence-electron chi connectivity index (χ4n) is 7.35. The van der Waals surface area contributed by atoms with Gasteiger partial charge in [-0.2, -0.15) is 5.10 Å². The van der Waals surface area contributed by atoms with E-state index in [4.69, 9.17) is 5.73 Å². The van der Waals surface area contributed by atoms with Gasteiger partial charge in [-0.1, -0.05) is 38.5 Å². The number of hydrogen-bond acceptors (Lipinski definition) is 8. The minimum Gasteiger partial charge on any atom is -0.381 e. The van der Waals surface area contributed by atoms with Crippen LogP contribution in [0, 0.1) is 11.7 Å². The van der Waals surface area contributed by atoms with Gasteiger partial charge < -0.3 is 31.1 Å². The van der Waals surface area contributed by atoms with Crippen LogP contribution in [-0.2, 0) is 10.3 Å². The van der Waals surface area contributed by atoms with E-state index in [1.54, 1.807) is 9.58 Å². The maximum atomic E-state index is 15.7. The molecule has 4 N–H and O–H groups in total. The van der Waals surface area contributed by atoms with Gasteiger partial charge in [0.2, 0.25) is 5.91 Å². The quantitative estimate of drug-likeness (QED) is 0.488. The van der Waals surface area contributed by atoms with Gasteiger partial charge in [0, 0.05) is 45.8 Å². The molecule has 0 bridgehead atoms. The van der Waals surface area contributed by atoms with Crippen LogP contribution in [0.1, 0.15) is 68.1 Å². The summed E-state index contributed by atoms with van der Waals surface area (Å²) in [5, 5.41) is 10.4. The highest BCUT2D eigenvalue weighted by Gasteiger charge is 2.47. The van der Waals surface area contributed by atoms with Crippen LogP contribution in [0.25, 0.3) is 0 Å². The average Bonchev–Trinajstić information content (AvgIpc) is 3.63. The molecular weight excluding hydrogens is 556 g/mol.